The van der Waals surface area contributed by atoms with Crippen molar-refractivity contribution >= 4 is 29.3 Å². The molecule has 1 aliphatic rings. The van der Waals surface area contributed by atoms with Gasteiger partial charge < -0.3 is 19.9 Å². The van der Waals surface area contributed by atoms with E-state index in [-0.39, 0.29) is 31.1 Å². The van der Waals surface area contributed by atoms with Crippen molar-refractivity contribution < 1.29 is 29.4 Å². The lowest BCUT2D eigenvalue weighted by atomic mass is 10.0. The Labute approximate surface area is 237 Å². The maximum atomic E-state index is 12.5. The van der Waals surface area contributed by atoms with Gasteiger partial charge in [0.05, 0.1) is 18.8 Å². The van der Waals surface area contributed by atoms with Crippen molar-refractivity contribution in [1.82, 2.24) is 15.4 Å². The molecule has 4 N–H and O–H groups in total. The number of nitrogens with one attached hydrogen (secondary N) is 2. The molecule has 1 aromatic heterocycles. The number of unbranched alkanes of at least 4 members (excludes halogenated alkanes) is 2. The highest BCUT2D eigenvalue weighted by Crippen LogP contribution is 2.39. The Bertz CT molecular complexity index is 1230. The van der Waals surface area contributed by atoms with E-state index in [0.29, 0.717) is 48.7 Å². The number of thioether (sulfide) groups is 1. The third-order valence-electron chi connectivity index (χ3n) is 6.43. The molecular formula is C29H34N4O6S. The molecule has 1 saturated heterocycles. The van der Waals surface area contributed by atoms with Gasteiger partial charge in [0.2, 0.25) is 11.8 Å². The molecule has 0 bridgehead atoms. The maximum absolute atomic E-state index is 12.5. The number of aliphatic hydroxyl groups excluding tert-OH is 1. The Kier molecular flexibility index (Phi) is 11.4. The molecule has 10 nitrogen and oxygen atoms in total. The number of ether oxygens (including phenoxy) is 2. The Balaban J connectivity index is 1.40. The van der Waals surface area contributed by atoms with Crippen LogP contribution in [-0.4, -0.2) is 44.0 Å². The van der Waals surface area contributed by atoms with Gasteiger partial charge in [0.15, 0.2) is 11.4 Å². The van der Waals surface area contributed by atoms with E-state index >= 15 is 0 Å². The maximum Gasteiger partial charge on any atom is 0.243 e. The third-order valence-corrected chi connectivity index (χ3v) is 7.44. The van der Waals surface area contributed by atoms with Crippen molar-refractivity contribution in [3.63, 3.8) is 0 Å². The molecule has 2 amide bonds. The highest BCUT2D eigenvalue weighted by atomic mass is 32.2. The van der Waals surface area contributed by atoms with Crippen LogP contribution in [0, 0.1) is 0 Å². The summed E-state index contributed by atoms with van der Waals surface area (Å²) >= 11 is 1.53. The standard InChI is InChI=1S/C29H34N4O6S/c34-18-20-10-12-21(13-11-20)25-17-24(19-40-29-30-14-5-15-31-29)38-28(39-25)22-6-4-7-23(16-22)32-26(35)8-2-1-3-9-27(36)33-37/h4-7,10-16,24-25,28,34,37H,1-3,8-9,17-19H2,(H,32,35)(H,33,36)/t24-,25+,28+/m1/s1. The van der Waals surface area contributed by atoms with E-state index in [1.54, 1.807) is 23.9 Å². The first-order chi connectivity index (χ1) is 19.5. The monoisotopic (exact) mass is 566 g/mol. The molecular weight excluding hydrogens is 532 g/mol. The minimum atomic E-state index is -0.645. The van der Waals surface area contributed by atoms with E-state index in [9.17, 15) is 14.7 Å². The van der Waals surface area contributed by atoms with E-state index < -0.39 is 12.2 Å². The van der Waals surface area contributed by atoms with Crippen molar-refractivity contribution in [3.05, 3.63) is 83.7 Å². The number of hydroxylamine groups is 1. The Hall–Kier alpha value is -3.35. The van der Waals surface area contributed by atoms with Crippen molar-refractivity contribution in [2.45, 2.75) is 68.8 Å². The molecule has 1 aliphatic heterocycles. The summed E-state index contributed by atoms with van der Waals surface area (Å²) in [7, 11) is 0. The minimum absolute atomic E-state index is 0.0206. The first-order valence-electron chi connectivity index (χ1n) is 13.3. The molecule has 2 heterocycles. The molecule has 4 rings (SSSR count). The molecule has 3 atom stereocenters. The van der Waals surface area contributed by atoms with Crippen LogP contribution < -0.4 is 10.8 Å². The number of carbonyl (C=O) groups excluding carboxylic acids is 2. The number of aromatic nitrogens is 2. The van der Waals surface area contributed by atoms with Gasteiger partial charge in [0.1, 0.15) is 0 Å². The minimum Gasteiger partial charge on any atom is -0.392 e. The van der Waals surface area contributed by atoms with E-state index in [1.807, 2.05) is 48.5 Å². The van der Waals surface area contributed by atoms with Gasteiger partial charge in [-0.05, 0) is 42.2 Å². The number of benzene rings is 2. The number of hydrogen-bond donors (Lipinski definition) is 4. The van der Waals surface area contributed by atoms with E-state index in [2.05, 4.69) is 15.3 Å². The van der Waals surface area contributed by atoms with Crippen LogP contribution in [0.1, 0.15) is 67.6 Å². The summed E-state index contributed by atoms with van der Waals surface area (Å²) in [6.07, 6.45) is 5.57. The molecule has 1 fully saturated rings. The Morgan fingerprint density at radius 2 is 1.68 bits per heavy atom. The van der Waals surface area contributed by atoms with Gasteiger partial charge in [0.25, 0.3) is 0 Å². The lowest BCUT2D eigenvalue weighted by Crippen LogP contribution is -2.31. The summed E-state index contributed by atoms with van der Waals surface area (Å²) in [4.78, 5) is 32.2. The topological polar surface area (TPSA) is 143 Å². The summed E-state index contributed by atoms with van der Waals surface area (Å²) in [5, 5.41) is 21.6. The van der Waals surface area contributed by atoms with E-state index in [1.165, 1.54) is 11.8 Å². The van der Waals surface area contributed by atoms with Crippen LogP contribution in [0.3, 0.4) is 0 Å². The zero-order valence-electron chi connectivity index (χ0n) is 22.1. The second kappa shape index (κ2) is 15.4. The van der Waals surface area contributed by atoms with Crippen molar-refractivity contribution in [2.24, 2.45) is 0 Å². The number of hydrogen-bond acceptors (Lipinski definition) is 9. The summed E-state index contributed by atoms with van der Waals surface area (Å²) < 4.78 is 12.8. The van der Waals surface area contributed by atoms with Gasteiger partial charge in [-0.15, -0.1) is 0 Å². The molecule has 2 aromatic carbocycles. The van der Waals surface area contributed by atoms with Crippen molar-refractivity contribution in [2.75, 3.05) is 11.1 Å². The summed E-state index contributed by atoms with van der Waals surface area (Å²) in [5.41, 5.74) is 4.87. The van der Waals surface area contributed by atoms with Crippen LogP contribution in [0.2, 0.25) is 0 Å². The number of aliphatic hydroxyl groups is 1. The van der Waals surface area contributed by atoms with Gasteiger partial charge in [-0.1, -0.05) is 54.6 Å². The molecule has 0 spiro atoms. The summed E-state index contributed by atoms with van der Waals surface area (Å²) in [5.74, 6) is 0.103. The summed E-state index contributed by atoms with van der Waals surface area (Å²) in [6, 6.07) is 16.9. The largest absolute Gasteiger partial charge is 0.392 e. The van der Waals surface area contributed by atoms with E-state index in [0.717, 1.165) is 16.7 Å². The molecule has 0 aliphatic carbocycles. The lowest BCUT2D eigenvalue weighted by molar-refractivity contribution is -0.245. The molecule has 40 heavy (non-hydrogen) atoms. The SMILES string of the molecule is O=C(CCCCCC(=O)Nc1cccc([C@H]2O[C@@H](CSc3ncccn3)C[C@@H](c3ccc(CO)cc3)O2)c1)NO. The fourth-order valence-electron chi connectivity index (χ4n) is 4.34. The number of anilines is 1. The fourth-order valence-corrected chi connectivity index (χ4v) is 5.16. The molecule has 11 heteroatoms. The normalized spacial score (nSPS) is 18.7. The van der Waals surface area contributed by atoms with Crippen LogP contribution >= 0.6 is 11.8 Å². The fraction of sp³-hybridized carbons (Fsp3) is 0.379. The zero-order chi connectivity index (χ0) is 28.2. The van der Waals surface area contributed by atoms with Gasteiger partial charge in [-0.3, -0.25) is 14.8 Å². The van der Waals surface area contributed by atoms with Crippen LogP contribution in [0.25, 0.3) is 0 Å². The number of rotatable bonds is 13. The van der Waals surface area contributed by atoms with Gasteiger partial charge in [0, 0.05) is 48.7 Å². The van der Waals surface area contributed by atoms with Crippen LogP contribution in [-0.2, 0) is 25.7 Å². The predicted molar refractivity (Wildman–Crippen MR) is 149 cm³/mol. The average molecular weight is 567 g/mol. The first-order valence-corrected chi connectivity index (χ1v) is 14.3. The van der Waals surface area contributed by atoms with E-state index in [4.69, 9.17) is 14.7 Å². The Morgan fingerprint density at radius 1 is 0.925 bits per heavy atom. The number of amides is 2. The van der Waals surface area contributed by atoms with Gasteiger partial charge in [-0.25, -0.2) is 15.4 Å². The molecule has 0 saturated carbocycles. The first kappa shape index (κ1) is 29.6. The number of carbonyl (C=O) groups is 2. The Morgan fingerprint density at radius 3 is 2.40 bits per heavy atom. The second-order valence-electron chi connectivity index (χ2n) is 9.46. The number of nitrogens with zero attached hydrogens (tertiary/aromatic N) is 2. The smallest absolute Gasteiger partial charge is 0.243 e. The third kappa shape index (κ3) is 9.10. The molecule has 212 valence electrons. The molecule has 3 aromatic rings. The molecule has 0 unspecified atom stereocenters. The predicted octanol–water partition coefficient (Wildman–Crippen LogP) is 4.70. The van der Waals surface area contributed by atoms with Crippen LogP contribution in [0.15, 0.2) is 72.1 Å². The lowest BCUT2D eigenvalue weighted by Gasteiger charge is -2.36. The van der Waals surface area contributed by atoms with Gasteiger partial charge >= 0.3 is 0 Å². The summed E-state index contributed by atoms with van der Waals surface area (Å²) in [6.45, 7) is -0.0206. The van der Waals surface area contributed by atoms with Crippen molar-refractivity contribution in [1.29, 1.82) is 0 Å². The zero-order valence-corrected chi connectivity index (χ0v) is 22.9. The second-order valence-corrected chi connectivity index (χ2v) is 10.4. The highest BCUT2D eigenvalue weighted by Gasteiger charge is 2.32. The van der Waals surface area contributed by atoms with Crippen LogP contribution in [0.5, 0.6) is 0 Å². The van der Waals surface area contributed by atoms with Crippen molar-refractivity contribution in [3.8, 4) is 0 Å². The molecule has 0 radical (unpaired) electrons. The highest BCUT2D eigenvalue weighted by molar-refractivity contribution is 7.99. The van der Waals surface area contributed by atoms with Gasteiger partial charge in [-0.2, -0.15) is 0 Å². The quantitative estimate of drug-likeness (QED) is 0.0761. The average Bonchev–Trinajstić information content (AvgIpc) is 3.00. The van der Waals surface area contributed by atoms with Crippen LogP contribution in [0.4, 0.5) is 5.69 Å².